The summed E-state index contributed by atoms with van der Waals surface area (Å²) in [7, 11) is 0. The minimum atomic E-state index is 0.286. The molecule has 0 amide bonds. The number of anilines is 2. The Hall–Kier alpha value is -2.81. The topological polar surface area (TPSA) is 82.9 Å². The number of aromatic nitrogens is 2. The highest BCUT2D eigenvalue weighted by Gasteiger charge is 2.34. The highest BCUT2D eigenvalue weighted by Crippen LogP contribution is 2.41. The van der Waals surface area contributed by atoms with Gasteiger partial charge in [0.2, 0.25) is 5.95 Å². The number of benzene rings is 1. The van der Waals surface area contributed by atoms with Crippen LogP contribution in [0.1, 0.15) is 76.8 Å². The molecule has 33 heavy (non-hydrogen) atoms. The molecule has 2 saturated carbocycles. The zero-order valence-electron chi connectivity index (χ0n) is 20.2. The van der Waals surface area contributed by atoms with Crippen LogP contribution in [0.25, 0.3) is 0 Å². The lowest BCUT2D eigenvalue weighted by Crippen LogP contribution is -2.37. The quantitative estimate of drug-likeness (QED) is 0.520. The van der Waals surface area contributed by atoms with E-state index in [1.807, 2.05) is 0 Å². The molecule has 6 heteroatoms. The second-order valence-corrected chi connectivity index (χ2v) is 10.4. The molecule has 2 fully saturated rings. The lowest BCUT2D eigenvalue weighted by atomic mass is 9.68. The van der Waals surface area contributed by atoms with E-state index in [4.69, 9.17) is 4.74 Å². The van der Waals surface area contributed by atoms with Gasteiger partial charge in [-0.3, -0.25) is 0 Å². The van der Waals surface area contributed by atoms with Crippen LogP contribution in [0.5, 0.6) is 5.75 Å². The molecular weight excluding hydrogens is 410 g/mol. The van der Waals surface area contributed by atoms with E-state index < -0.39 is 0 Å². The first-order valence-electron chi connectivity index (χ1n) is 12.5. The lowest BCUT2D eigenvalue weighted by molar-refractivity contribution is 0.143. The van der Waals surface area contributed by atoms with Crippen molar-refractivity contribution in [2.75, 3.05) is 17.2 Å². The number of hydrogen-bond donors (Lipinski definition) is 2. The van der Waals surface area contributed by atoms with E-state index in [0.717, 1.165) is 31.6 Å². The van der Waals surface area contributed by atoms with Gasteiger partial charge in [-0.2, -0.15) is 10.2 Å². The maximum Gasteiger partial charge on any atom is 0.224 e. The lowest BCUT2D eigenvalue weighted by Gasteiger charge is -2.41. The molecule has 1 heterocycles. The van der Waals surface area contributed by atoms with E-state index >= 15 is 0 Å². The molecule has 0 radical (unpaired) electrons. The van der Waals surface area contributed by atoms with E-state index in [1.165, 1.54) is 37.7 Å². The van der Waals surface area contributed by atoms with Gasteiger partial charge in [-0.25, -0.2) is 4.98 Å². The number of hydrogen-bond acceptors (Lipinski definition) is 6. The number of nitrogens with one attached hydrogen (secondary N) is 2. The van der Waals surface area contributed by atoms with Crippen molar-refractivity contribution >= 4 is 11.8 Å². The zero-order valence-corrected chi connectivity index (χ0v) is 20.2. The van der Waals surface area contributed by atoms with Crippen molar-refractivity contribution in [3.8, 4) is 11.8 Å². The monoisotopic (exact) mass is 447 g/mol. The summed E-state index contributed by atoms with van der Waals surface area (Å²) in [6.45, 7) is 7.72. The first kappa shape index (κ1) is 23.4. The number of nitriles is 1. The Morgan fingerprint density at radius 2 is 1.88 bits per heavy atom. The van der Waals surface area contributed by atoms with Crippen molar-refractivity contribution in [3.63, 3.8) is 0 Å². The minimum Gasteiger partial charge on any atom is -0.490 e. The predicted octanol–water partition coefficient (Wildman–Crippen LogP) is 5.95. The van der Waals surface area contributed by atoms with Gasteiger partial charge in [0.1, 0.15) is 23.2 Å². The third-order valence-corrected chi connectivity index (χ3v) is 7.53. The Bertz CT molecular complexity index is 959. The minimum absolute atomic E-state index is 0.286. The molecule has 2 N–H and O–H groups in total. The number of nitrogens with zero attached hydrogens (tertiary/aromatic N) is 3. The van der Waals surface area contributed by atoms with Crippen molar-refractivity contribution in [1.82, 2.24) is 9.97 Å². The van der Waals surface area contributed by atoms with Crippen molar-refractivity contribution in [1.29, 1.82) is 5.26 Å². The van der Waals surface area contributed by atoms with Crippen LogP contribution in [0.3, 0.4) is 0 Å². The Labute approximate surface area is 198 Å². The van der Waals surface area contributed by atoms with Gasteiger partial charge in [0.25, 0.3) is 0 Å². The van der Waals surface area contributed by atoms with Gasteiger partial charge >= 0.3 is 0 Å². The molecule has 2 aromatic rings. The summed E-state index contributed by atoms with van der Waals surface area (Å²) in [5.74, 6) is 2.86. The molecule has 1 aromatic heterocycles. The normalized spacial score (nSPS) is 22.5. The predicted molar refractivity (Wildman–Crippen MR) is 132 cm³/mol. The maximum absolute atomic E-state index is 9.52. The van der Waals surface area contributed by atoms with Crippen molar-refractivity contribution < 1.29 is 4.74 Å². The highest BCUT2D eigenvalue weighted by molar-refractivity contribution is 5.54. The number of rotatable bonds is 8. The molecule has 2 atom stereocenters. The highest BCUT2D eigenvalue weighted by atomic mass is 16.5. The van der Waals surface area contributed by atoms with Crippen LogP contribution >= 0.6 is 0 Å². The molecule has 0 unspecified atom stereocenters. The van der Waals surface area contributed by atoms with Crippen LogP contribution in [0.15, 0.2) is 30.5 Å². The van der Waals surface area contributed by atoms with Crippen molar-refractivity contribution in [2.24, 2.45) is 11.3 Å². The fourth-order valence-electron chi connectivity index (χ4n) is 5.01. The fraction of sp³-hybridized carbons (Fsp3) is 0.593. The molecule has 4 rings (SSSR count). The first-order valence-corrected chi connectivity index (χ1v) is 12.5. The van der Waals surface area contributed by atoms with Crippen LogP contribution in [-0.2, 0) is 6.42 Å². The SMILES string of the molecule is C[C@H]1CC[C@@H](Nc2nc(NCCc3ccc(OC4CCCC4)cc3)ncc2C#N)CC1(C)C. The van der Waals surface area contributed by atoms with Gasteiger partial charge in [-0.1, -0.05) is 32.9 Å². The van der Waals surface area contributed by atoms with Crippen molar-refractivity contribution in [2.45, 2.75) is 84.3 Å². The number of ether oxygens (including phenoxy) is 1. The van der Waals surface area contributed by atoms with Gasteiger partial charge in [-0.15, -0.1) is 0 Å². The third kappa shape index (κ3) is 6.16. The van der Waals surface area contributed by atoms with Gasteiger partial charge in [-0.05, 0) is 80.4 Å². The van der Waals surface area contributed by atoms with Crippen LogP contribution in [-0.4, -0.2) is 28.7 Å². The second-order valence-electron chi connectivity index (χ2n) is 10.4. The van der Waals surface area contributed by atoms with Crippen LogP contribution in [0.4, 0.5) is 11.8 Å². The van der Waals surface area contributed by atoms with Gasteiger partial charge in [0.15, 0.2) is 0 Å². The Morgan fingerprint density at radius 1 is 1.12 bits per heavy atom. The van der Waals surface area contributed by atoms with Crippen LogP contribution in [0, 0.1) is 22.7 Å². The molecule has 2 aliphatic carbocycles. The second kappa shape index (κ2) is 10.4. The Morgan fingerprint density at radius 3 is 2.58 bits per heavy atom. The van der Waals surface area contributed by atoms with E-state index in [9.17, 15) is 5.26 Å². The standard InChI is InChI=1S/C27H37N5O/c1-19-8-11-22(16-27(19,2)3)31-25-21(17-28)18-30-26(32-25)29-15-14-20-9-12-24(13-10-20)33-23-6-4-5-7-23/h9-10,12-13,18-19,22-23H,4-8,11,14-16H2,1-3H3,(H2,29,30,31,32)/t19-,22+/m0/s1. The van der Waals surface area contributed by atoms with Gasteiger partial charge in [0.05, 0.1) is 12.3 Å². The zero-order chi connectivity index (χ0) is 23.3. The van der Waals surface area contributed by atoms with E-state index in [0.29, 0.717) is 35.4 Å². The summed E-state index contributed by atoms with van der Waals surface area (Å²) in [4.78, 5) is 8.97. The van der Waals surface area contributed by atoms with E-state index in [1.54, 1.807) is 6.20 Å². The van der Waals surface area contributed by atoms with Gasteiger partial charge in [0, 0.05) is 12.6 Å². The molecule has 0 bridgehead atoms. The molecule has 0 aliphatic heterocycles. The molecule has 6 nitrogen and oxygen atoms in total. The summed E-state index contributed by atoms with van der Waals surface area (Å²) in [5.41, 5.74) is 2.02. The average molecular weight is 448 g/mol. The summed E-state index contributed by atoms with van der Waals surface area (Å²) in [5, 5.41) is 16.4. The fourth-order valence-corrected chi connectivity index (χ4v) is 5.01. The average Bonchev–Trinajstić information content (AvgIpc) is 3.31. The van der Waals surface area contributed by atoms with Crippen LogP contribution < -0.4 is 15.4 Å². The summed E-state index contributed by atoms with van der Waals surface area (Å²) >= 11 is 0. The van der Waals surface area contributed by atoms with E-state index in [2.05, 4.69) is 71.7 Å². The Kier molecular flexibility index (Phi) is 7.37. The molecule has 2 aliphatic rings. The maximum atomic E-state index is 9.52. The molecule has 0 saturated heterocycles. The largest absolute Gasteiger partial charge is 0.490 e. The van der Waals surface area contributed by atoms with Crippen LogP contribution in [0.2, 0.25) is 0 Å². The molecular formula is C27H37N5O. The van der Waals surface area contributed by atoms with Crippen molar-refractivity contribution in [3.05, 3.63) is 41.6 Å². The van der Waals surface area contributed by atoms with Gasteiger partial charge < -0.3 is 15.4 Å². The summed E-state index contributed by atoms with van der Waals surface area (Å²) < 4.78 is 6.05. The Balaban J connectivity index is 1.31. The molecule has 176 valence electrons. The molecule has 0 spiro atoms. The molecule has 1 aromatic carbocycles. The summed E-state index contributed by atoms with van der Waals surface area (Å²) in [6, 6.07) is 11.0. The summed E-state index contributed by atoms with van der Waals surface area (Å²) in [6.07, 6.45) is 11.1. The smallest absolute Gasteiger partial charge is 0.224 e. The first-order chi connectivity index (χ1) is 15.9. The third-order valence-electron chi connectivity index (χ3n) is 7.53. The van der Waals surface area contributed by atoms with E-state index in [-0.39, 0.29) is 5.41 Å².